The lowest BCUT2D eigenvalue weighted by Gasteiger charge is -1.78. The van der Waals surface area contributed by atoms with Crippen LogP contribution in [0.15, 0.2) is 21.8 Å². The lowest BCUT2D eigenvalue weighted by Crippen LogP contribution is -1.81. The van der Waals surface area contributed by atoms with Crippen molar-refractivity contribution >= 4 is 23.6 Å². The molecule has 0 bridgehead atoms. The van der Waals surface area contributed by atoms with E-state index in [-0.39, 0.29) is 5.15 Å². The van der Waals surface area contributed by atoms with Crippen LogP contribution in [0.2, 0.25) is 5.15 Å². The van der Waals surface area contributed by atoms with E-state index in [0.29, 0.717) is 5.76 Å². The maximum Gasteiger partial charge on any atom is 0.242 e. The van der Waals surface area contributed by atoms with Crippen molar-refractivity contribution in [2.24, 2.45) is 5.11 Å². The minimum Gasteiger partial charge on any atom is -0.355 e. The maximum atomic E-state index is 10.6. The Bertz CT molecular complexity index is 391. The lowest BCUT2D eigenvalue weighted by molar-refractivity contribution is -0.113. The maximum absolute atomic E-state index is 10.6. The van der Waals surface area contributed by atoms with Crippen LogP contribution in [0.25, 0.3) is 16.5 Å². The van der Waals surface area contributed by atoms with E-state index in [1.54, 1.807) is 0 Å². The molecule has 0 aliphatic rings. The molecule has 6 nitrogen and oxygen atoms in total. The summed E-state index contributed by atoms with van der Waals surface area (Å²) in [6, 6.07) is 1.42. The molecule has 1 amide bonds. The first-order valence-electron chi connectivity index (χ1n) is 3.12. The van der Waals surface area contributed by atoms with Gasteiger partial charge in [0.15, 0.2) is 10.9 Å². The molecule has 13 heavy (non-hydrogen) atoms. The summed E-state index contributed by atoms with van der Waals surface area (Å²) in [5.41, 5.74) is 7.88. The van der Waals surface area contributed by atoms with E-state index < -0.39 is 5.91 Å². The van der Waals surface area contributed by atoms with Crippen molar-refractivity contribution < 1.29 is 9.32 Å². The molecule has 0 radical (unpaired) electrons. The summed E-state index contributed by atoms with van der Waals surface area (Å²) in [6.07, 6.45) is 2.35. The van der Waals surface area contributed by atoms with E-state index in [2.05, 4.69) is 19.7 Å². The quantitative estimate of drug-likeness (QED) is 0.316. The summed E-state index contributed by atoms with van der Waals surface area (Å²) in [7, 11) is 0. The number of carbonyl (C=O) groups is 1. The van der Waals surface area contributed by atoms with Crippen LogP contribution in [-0.2, 0) is 4.79 Å². The van der Waals surface area contributed by atoms with Gasteiger partial charge in [0.2, 0.25) is 5.91 Å². The number of rotatable bonds is 2. The number of nitrogens with zero attached hydrogens (tertiary/aromatic N) is 4. The third-order valence-electron chi connectivity index (χ3n) is 1.03. The Morgan fingerprint density at radius 1 is 1.85 bits per heavy atom. The van der Waals surface area contributed by atoms with Crippen LogP contribution in [0.4, 0.5) is 0 Å². The van der Waals surface area contributed by atoms with Crippen LogP contribution in [0.1, 0.15) is 5.76 Å². The fourth-order valence-electron chi connectivity index (χ4n) is 0.576. The van der Waals surface area contributed by atoms with Gasteiger partial charge >= 0.3 is 0 Å². The fraction of sp³-hybridized carbons (Fsp3) is 0. The Morgan fingerprint density at radius 3 is 3.15 bits per heavy atom. The van der Waals surface area contributed by atoms with Gasteiger partial charge in [-0.3, -0.25) is 4.79 Å². The van der Waals surface area contributed by atoms with Gasteiger partial charge in [-0.25, -0.2) is 0 Å². The van der Waals surface area contributed by atoms with Gasteiger partial charge in [0.25, 0.3) is 0 Å². The molecule has 1 heterocycles. The van der Waals surface area contributed by atoms with Gasteiger partial charge in [-0.2, -0.15) is 0 Å². The van der Waals surface area contributed by atoms with Crippen LogP contribution in [0.5, 0.6) is 0 Å². The van der Waals surface area contributed by atoms with Gasteiger partial charge in [-0.1, -0.05) is 16.8 Å². The summed E-state index contributed by atoms with van der Waals surface area (Å²) in [5, 5.41) is 6.36. The van der Waals surface area contributed by atoms with Crippen molar-refractivity contribution in [2.45, 2.75) is 0 Å². The normalized spacial score (nSPS) is 9.92. The summed E-state index contributed by atoms with van der Waals surface area (Å²) in [6.45, 7) is 0. The first-order chi connectivity index (χ1) is 6.22. The van der Waals surface area contributed by atoms with Crippen molar-refractivity contribution in [1.82, 2.24) is 5.16 Å². The standard InChI is InChI=1S/C6H3ClN4O2/c7-5-3-4(13-10-5)1-2-6(12)9-11-8/h1-3H/b2-1+. The van der Waals surface area contributed by atoms with E-state index in [9.17, 15) is 4.79 Å². The molecule has 1 aromatic heterocycles. The lowest BCUT2D eigenvalue weighted by atomic mass is 10.4. The molecule has 0 spiro atoms. The molecular formula is C6H3ClN4O2. The summed E-state index contributed by atoms with van der Waals surface area (Å²) < 4.78 is 4.64. The van der Waals surface area contributed by atoms with Crippen LogP contribution in [0.3, 0.4) is 0 Å². The fourth-order valence-corrected chi connectivity index (χ4v) is 0.718. The number of carbonyl (C=O) groups excluding carboxylic acids is 1. The highest BCUT2D eigenvalue weighted by molar-refractivity contribution is 6.29. The van der Waals surface area contributed by atoms with Crippen LogP contribution < -0.4 is 0 Å². The molecule has 66 valence electrons. The molecule has 0 unspecified atom stereocenters. The van der Waals surface area contributed by atoms with Gasteiger partial charge in [0.05, 0.1) is 0 Å². The second-order valence-corrected chi connectivity index (χ2v) is 2.30. The van der Waals surface area contributed by atoms with Crippen molar-refractivity contribution in [3.63, 3.8) is 0 Å². The van der Waals surface area contributed by atoms with E-state index in [4.69, 9.17) is 17.1 Å². The SMILES string of the molecule is [N-]=[N+]=NC(=O)/C=C/c1cc(Cl)no1. The second-order valence-electron chi connectivity index (χ2n) is 1.91. The molecule has 0 saturated heterocycles. The molecule has 0 aliphatic carbocycles. The first kappa shape index (κ1) is 9.31. The van der Waals surface area contributed by atoms with Crippen molar-refractivity contribution in [2.75, 3.05) is 0 Å². The number of hydrogen-bond donors (Lipinski definition) is 0. The van der Waals surface area contributed by atoms with Gasteiger partial charge in [-0.15, -0.1) is 0 Å². The second kappa shape index (κ2) is 4.30. The summed E-state index contributed by atoms with van der Waals surface area (Å²) >= 11 is 5.43. The Hall–Kier alpha value is -1.78. The molecule has 0 atom stereocenters. The third kappa shape index (κ3) is 2.98. The van der Waals surface area contributed by atoms with E-state index >= 15 is 0 Å². The zero-order chi connectivity index (χ0) is 9.68. The zero-order valence-electron chi connectivity index (χ0n) is 6.22. The molecule has 0 saturated carbocycles. The molecule has 0 N–H and O–H groups in total. The Kier molecular flexibility index (Phi) is 3.08. The Morgan fingerprint density at radius 2 is 2.62 bits per heavy atom. The molecule has 0 aliphatic heterocycles. The largest absolute Gasteiger partial charge is 0.355 e. The number of azide groups is 1. The Balaban J connectivity index is 2.68. The zero-order valence-corrected chi connectivity index (χ0v) is 6.97. The number of aromatic nitrogens is 1. The van der Waals surface area contributed by atoms with E-state index in [0.717, 1.165) is 6.08 Å². The smallest absolute Gasteiger partial charge is 0.242 e. The monoisotopic (exact) mass is 198 g/mol. The summed E-state index contributed by atoms with van der Waals surface area (Å²) in [4.78, 5) is 12.9. The van der Waals surface area contributed by atoms with Crippen LogP contribution >= 0.6 is 11.6 Å². The third-order valence-corrected chi connectivity index (χ3v) is 1.21. The molecule has 7 heteroatoms. The average Bonchev–Trinajstić information content (AvgIpc) is 2.49. The van der Waals surface area contributed by atoms with Gasteiger partial charge in [0.1, 0.15) is 0 Å². The number of hydrogen-bond acceptors (Lipinski definition) is 3. The van der Waals surface area contributed by atoms with Gasteiger partial charge < -0.3 is 4.52 Å². The van der Waals surface area contributed by atoms with E-state index in [1.807, 2.05) is 0 Å². The topological polar surface area (TPSA) is 91.9 Å². The minimum atomic E-state index is -0.713. The van der Waals surface area contributed by atoms with Crippen molar-refractivity contribution in [3.8, 4) is 0 Å². The van der Waals surface area contributed by atoms with Crippen molar-refractivity contribution in [1.29, 1.82) is 0 Å². The predicted octanol–water partition coefficient (Wildman–Crippen LogP) is 2.18. The van der Waals surface area contributed by atoms with Crippen molar-refractivity contribution in [3.05, 3.63) is 33.5 Å². The number of halogens is 1. The Labute approximate surface area is 77.4 Å². The van der Waals surface area contributed by atoms with Crippen LogP contribution in [-0.4, -0.2) is 11.1 Å². The van der Waals surface area contributed by atoms with Gasteiger partial charge in [-0.05, 0) is 22.8 Å². The molecule has 0 aromatic carbocycles. The average molecular weight is 199 g/mol. The number of amides is 1. The predicted molar refractivity (Wildman–Crippen MR) is 44.7 cm³/mol. The highest BCUT2D eigenvalue weighted by Crippen LogP contribution is 2.09. The molecular weight excluding hydrogens is 196 g/mol. The first-order valence-corrected chi connectivity index (χ1v) is 3.49. The van der Waals surface area contributed by atoms with E-state index in [1.165, 1.54) is 12.1 Å². The highest BCUT2D eigenvalue weighted by atomic mass is 35.5. The molecule has 1 aromatic rings. The molecule has 1 rings (SSSR count). The summed E-state index contributed by atoms with van der Waals surface area (Å²) in [5.74, 6) is -0.401. The van der Waals surface area contributed by atoms with Crippen LogP contribution in [0, 0.1) is 0 Å². The highest BCUT2D eigenvalue weighted by Gasteiger charge is 1.97. The molecule has 0 fully saturated rings. The minimum absolute atomic E-state index is 0.191. The van der Waals surface area contributed by atoms with Gasteiger partial charge in [0, 0.05) is 11.0 Å².